The molecule has 4 aromatic rings. The van der Waals surface area contributed by atoms with Gasteiger partial charge in [-0.1, -0.05) is 60.2 Å². The molecule has 2 amide bonds. The largest absolute Gasteiger partial charge is 0.348 e. The fraction of sp³-hybridized carbons (Fsp3) is 0.179. The summed E-state index contributed by atoms with van der Waals surface area (Å²) in [6.07, 6.45) is 1.76. The number of rotatable bonds is 8. The van der Waals surface area contributed by atoms with E-state index < -0.39 is 0 Å². The summed E-state index contributed by atoms with van der Waals surface area (Å²) in [5.41, 5.74) is 5.60. The minimum Gasteiger partial charge on any atom is -0.348 e. The molecule has 35 heavy (non-hydrogen) atoms. The van der Waals surface area contributed by atoms with Crippen LogP contribution in [0.4, 0.5) is 5.69 Å². The van der Waals surface area contributed by atoms with Crippen LogP contribution in [0.25, 0.3) is 16.9 Å². The summed E-state index contributed by atoms with van der Waals surface area (Å²) in [4.78, 5) is 27.1. The first-order chi connectivity index (χ1) is 16.9. The monoisotopic (exact) mass is 467 g/mol. The third kappa shape index (κ3) is 6.22. The van der Waals surface area contributed by atoms with Gasteiger partial charge in [0.05, 0.1) is 17.8 Å². The van der Waals surface area contributed by atoms with E-state index in [1.807, 2.05) is 99.9 Å². The highest BCUT2D eigenvalue weighted by atomic mass is 16.2. The lowest BCUT2D eigenvalue weighted by Gasteiger charge is -2.11. The molecule has 2 N–H and O–H groups in total. The standard InChI is InChI=1S/C28H29N5O2/c1-20-12-14-24(15-13-20)33-18-25(27(31-33)22-9-5-4-6-10-22)28(35)29-17-21-8-7-11-23(16-21)30-26(34)19-32(2)3/h4-16,18H,17,19H2,1-3H3,(H,29,35)(H,30,34). The van der Waals surface area contributed by atoms with Crippen LogP contribution < -0.4 is 10.6 Å². The van der Waals surface area contributed by atoms with Gasteiger partial charge in [-0.15, -0.1) is 0 Å². The van der Waals surface area contributed by atoms with Crippen molar-refractivity contribution in [3.63, 3.8) is 0 Å². The normalized spacial score (nSPS) is 10.9. The quantitative estimate of drug-likeness (QED) is 0.406. The zero-order valence-corrected chi connectivity index (χ0v) is 20.2. The Hall–Kier alpha value is -4.23. The highest BCUT2D eigenvalue weighted by molar-refractivity contribution is 6.00. The van der Waals surface area contributed by atoms with Crippen LogP contribution in [-0.4, -0.2) is 47.1 Å². The fourth-order valence-electron chi connectivity index (χ4n) is 3.70. The predicted octanol–water partition coefficient (Wildman–Crippen LogP) is 4.28. The highest BCUT2D eigenvalue weighted by Gasteiger charge is 2.18. The number of nitrogens with one attached hydrogen (secondary N) is 2. The van der Waals surface area contributed by atoms with Crippen molar-refractivity contribution in [2.75, 3.05) is 26.0 Å². The van der Waals surface area contributed by atoms with Crippen LogP contribution in [0, 0.1) is 6.92 Å². The lowest BCUT2D eigenvalue weighted by atomic mass is 10.1. The van der Waals surface area contributed by atoms with Gasteiger partial charge in [-0.25, -0.2) is 4.68 Å². The van der Waals surface area contributed by atoms with Gasteiger partial charge in [0.15, 0.2) is 0 Å². The highest BCUT2D eigenvalue weighted by Crippen LogP contribution is 2.24. The van der Waals surface area contributed by atoms with E-state index in [0.29, 0.717) is 30.0 Å². The maximum atomic E-state index is 13.3. The first-order valence-electron chi connectivity index (χ1n) is 11.4. The molecule has 1 heterocycles. The number of aryl methyl sites for hydroxylation is 1. The molecule has 0 unspecified atom stereocenters. The van der Waals surface area contributed by atoms with E-state index >= 15 is 0 Å². The van der Waals surface area contributed by atoms with E-state index in [1.165, 1.54) is 0 Å². The zero-order valence-electron chi connectivity index (χ0n) is 20.2. The van der Waals surface area contributed by atoms with Gasteiger partial charge >= 0.3 is 0 Å². The maximum absolute atomic E-state index is 13.3. The number of nitrogens with zero attached hydrogens (tertiary/aromatic N) is 3. The van der Waals surface area contributed by atoms with E-state index in [0.717, 1.165) is 22.4 Å². The molecule has 3 aromatic carbocycles. The number of aromatic nitrogens is 2. The van der Waals surface area contributed by atoms with Gasteiger partial charge in [0, 0.05) is 24.0 Å². The SMILES string of the molecule is Cc1ccc(-n2cc(C(=O)NCc3cccc(NC(=O)CN(C)C)c3)c(-c3ccccc3)n2)cc1. The molecule has 0 fully saturated rings. The molecule has 0 aliphatic heterocycles. The first kappa shape index (κ1) is 23.9. The van der Waals surface area contributed by atoms with Gasteiger partial charge in [-0.05, 0) is 50.8 Å². The van der Waals surface area contributed by atoms with Gasteiger partial charge < -0.3 is 15.5 Å². The average Bonchev–Trinajstić information content (AvgIpc) is 3.29. The van der Waals surface area contributed by atoms with Gasteiger partial charge in [-0.2, -0.15) is 5.10 Å². The van der Waals surface area contributed by atoms with Gasteiger partial charge in [0.25, 0.3) is 5.91 Å². The van der Waals surface area contributed by atoms with Crippen molar-refractivity contribution in [1.29, 1.82) is 0 Å². The molecule has 0 atom stereocenters. The Morgan fingerprint density at radius 3 is 2.40 bits per heavy atom. The molecule has 178 valence electrons. The molecule has 0 bridgehead atoms. The van der Waals surface area contributed by atoms with Crippen LogP contribution >= 0.6 is 0 Å². The van der Waals surface area contributed by atoms with Crippen LogP contribution in [0.5, 0.6) is 0 Å². The maximum Gasteiger partial charge on any atom is 0.255 e. The third-order valence-corrected chi connectivity index (χ3v) is 5.43. The Labute approximate surface area is 205 Å². The lowest BCUT2D eigenvalue weighted by Crippen LogP contribution is -2.27. The van der Waals surface area contributed by atoms with E-state index in [1.54, 1.807) is 15.8 Å². The summed E-state index contributed by atoms with van der Waals surface area (Å²) >= 11 is 0. The topological polar surface area (TPSA) is 79.3 Å². The molecule has 0 saturated carbocycles. The number of carbonyl (C=O) groups is 2. The molecule has 7 heteroatoms. The summed E-state index contributed by atoms with van der Waals surface area (Å²) < 4.78 is 1.73. The first-order valence-corrected chi connectivity index (χ1v) is 11.4. The van der Waals surface area contributed by atoms with Crippen molar-refractivity contribution < 1.29 is 9.59 Å². The third-order valence-electron chi connectivity index (χ3n) is 5.43. The van der Waals surface area contributed by atoms with Crippen LogP contribution in [-0.2, 0) is 11.3 Å². The second kappa shape index (κ2) is 10.8. The summed E-state index contributed by atoms with van der Waals surface area (Å²) in [5, 5.41) is 10.6. The van der Waals surface area contributed by atoms with Gasteiger partial charge in [-0.3, -0.25) is 9.59 Å². The zero-order chi connectivity index (χ0) is 24.8. The Morgan fingerprint density at radius 1 is 0.943 bits per heavy atom. The van der Waals surface area contributed by atoms with Crippen molar-refractivity contribution in [1.82, 2.24) is 20.0 Å². The molecule has 0 aliphatic carbocycles. The number of carbonyl (C=O) groups excluding carboxylic acids is 2. The molecule has 0 radical (unpaired) electrons. The van der Waals surface area contributed by atoms with Crippen molar-refractivity contribution in [3.8, 4) is 16.9 Å². The number of hydrogen-bond acceptors (Lipinski definition) is 4. The molecular weight excluding hydrogens is 438 g/mol. The molecule has 0 aliphatic rings. The second-order valence-electron chi connectivity index (χ2n) is 8.71. The smallest absolute Gasteiger partial charge is 0.255 e. The van der Waals surface area contributed by atoms with Crippen molar-refractivity contribution in [3.05, 3.63) is 102 Å². The van der Waals surface area contributed by atoms with Crippen molar-refractivity contribution in [2.45, 2.75) is 13.5 Å². The van der Waals surface area contributed by atoms with E-state index in [9.17, 15) is 9.59 Å². The summed E-state index contributed by atoms with van der Waals surface area (Å²) in [5.74, 6) is -0.309. The summed E-state index contributed by atoms with van der Waals surface area (Å²) in [7, 11) is 3.69. The predicted molar refractivity (Wildman–Crippen MR) is 139 cm³/mol. The van der Waals surface area contributed by atoms with Crippen LogP contribution in [0.2, 0.25) is 0 Å². The van der Waals surface area contributed by atoms with Gasteiger partial charge in [0.2, 0.25) is 5.91 Å². The number of anilines is 1. The molecular formula is C28H29N5O2. The Kier molecular flexibility index (Phi) is 7.38. The average molecular weight is 468 g/mol. The van der Waals surface area contributed by atoms with E-state index in [4.69, 9.17) is 5.10 Å². The van der Waals surface area contributed by atoms with Crippen molar-refractivity contribution >= 4 is 17.5 Å². The minimum atomic E-state index is -0.218. The number of hydrogen-bond donors (Lipinski definition) is 2. The second-order valence-corrected chi connectivity index (χ2v) is 8.71. The van der Waals surface area contributed by atoms with Crippen LogP contribution in [0.3, 0.4) is 0 Å². The molecule has 0 saturated heterocycles. The molecule has 1 aromatic heterocycles. The number of likely N-dealkylation sites (N-methyl/N-ethyl adjacent to an activating group) is 1. The summed E-state index contributed by atoms with van der Waals surface area (Å²) in [6, 6.07) is 25.1. The van der Waals surface area contributed by atoms with Crippen LogP contribution in [0.1, 0.15) is 21.5 Å². The molecule has 4 rings (SSSR count). The number of benzene rings is 3. The fourth-order valence-corrected chi connectivity index (χ4v) is 3.70. The lowest BCUT2D eigenvalue weighted by molar-refractivity contribution is -0.116. The van der Waals surface area contributed by atoms with Crippen LogP contribution in [0.15, 0.2) is 85.1 Å². The minimum absolute atomic E-state index is 0.0905. The van der Waals surface area contributed by atoms with E-state index in [2.05, 4.69) is 10.6 Å². The number of amides is 2. The Bertz CT molecular complexity index is 1310. The Morgan fingerprint density at radius 2 is 1.69 bits per heavy atom. The van der Waals surface area contributed by atoms with Crippen molar-refractivity contribution in [2.24, 2.45) is 0 Å². The summed E-state index contributed by atoms with van der Waals surface area (Å²) in [6.45, 7) is 2.65. The van der Waals surface area contributed by atoms with Gasteiger partial charge in [0.1, 0.15) is 5.69 Å². The Balaban J connectivity index is 1.54. The molecule has 7 nitrogen and oxygen atoms in total. The molecule has 0 spiro atoms. The van der Waals surface area contributed by atoms with E-state index in [-0.39, 0.29) is 11.8 Å².